The molecule has 5 N–H and O–H groups in total. The summed E-state index contributed by atoms with van der Waals surface area (Å²) in [6.07, 6.45) is -17.4. The maximum absolute atomic E-state index is 10.3. The van der Waals surface area contributed by atoms with E-state index in [2.05, 4.69) is 0 Å². The Morgan fingerprint density at radius 2 is 1.83 bits per heavy atom. The zero-order chi connectivity index (χ0) is 15.2. The maximum Gasteiger partial charge on any atom is 0.151 e. The van der Waals surface area contributed by atoms with Gasteiger partial charge in [-0.25, -0.2) is 0 Å². The molecule has 0 saturated heterocycles. The molecule has 0 radical (unpaired) electrons. The van der Waals surface area contributed by atoms with E-state index >= 15 is 0 Å². The van der Waals surface area contributed by atoms with Crippen LogP contribution in [0.3, 0.4) is 0 Å². The Balaban J connectivity index is 5.87. The minimum atomic E-state index is -4.34. The minimum absolute atomic E-state index is 0.775. The van der Waals surface area contributed by atoms with Crippen LogP contribution in [0.1, 0.15) is 8.22 Å². The molecule has 0 aromatic rings. The first-order chi connectivity index (χ1) is 7.56. The molecule has 0 rings (SSSR count). The lowest BCUT2D eigenvalue weighted by molar-refractivity contribution is -0.136. The van der Waals surface area contributed by atoms with Crippen LogP contribution in [-0.4, -0.2) is 62.7 Å². The molecule has 12 heavy (non-hydrogen) atoms. The highest BCUT2D eigenvalue weighted by atomic mass is 16.4. The SMILES string of the molecule is [2H]C([2H])(O)[C@@]([2H])(O)[C@@]([2H])(O)[C@]([2H])(O)[C@@]([2H])(O)C=O. The van der Waals surface area contributed by atoms with Crippen molar-refractivity contribution >= 4 is 6.29 Å². The van der Waals surface area contributed by atoms with Crippen molar-refractivity contribution in [3.8, 4) is 0 Å². The van der Waals surface area contributed by atoms with Crippen LogP contribution in [0.2, 0.25) is 0 Å². The second-order valence-corrected chi connectivity index (χ2v) is 1.66. The van der Waals surface area contributed by atoms with Crippen molar-refractivity contribution in [3.63, 3.8) is 0 Å². The molecule has 0 amide bonds. The predicted octanol–water partition coefficient (Wildman–Crippen LogP) is -3.38. The molecule has 0 saturated carbocycles. The van der Waals surface area contributed by atoms with Gasteiger partial charge in [0.25, 0.3) is 0 Å². The van der Waals surface area contributed by atoms with Crippen LogP contribution in [0, 0.1) is 0 Å². The Bertz CT molecular complexity index is 334. The van der Waals surface area contributed by atoms with Gasteiger partial charge < -0.3 is 30.3 Å². The van der Waals surface area contributed by atoms with E-state index in [-0.39, 0.29) is 0 Å². The van der Waals surface area contributed by atoms with Crippen molar-refractivity contribution in [3.05, 3.63) is 0 Å². The Hall–Kier alpha value is -0.530. The Kier molecular flexibility index (Phi) is 2.00. The van der Waals surface area contributed by atoms with E-state index in [9.17, 15) is 20.1 Å². The molecule has 0 unspecified atom stereocenters. The van der Waals surface area contributed by atoms with E-state index < -0.39 is 37.2 Å². The van der Waals surface area contributed by atoms with E-state index in [1.807, 2.05) is 0 Å². The summed E-state index contributed by atoms with van der Waals surface area (Å²) in [4.78, 5) is 10.3. The van der Waals surface area contributed by atoms with Gasteiger partial charge in [0.15, 0.2) is 6.29 Å². The third-order valence-electron chi connectivity index (χ3n) is 0.909. The standard InChI is InChI=1S/C6H12O6/c7-1-3(9)5(11)6(12)4(10)2-8/h1,3-6,8-12H,2H2/t3-,4+,5+,6+/m0/s1/i2D2,3D,4D,5D,6D. The van der Waals surface area contributed by atoms with Gasteiger partial charge in [-0.15, -0.1) is 0 Å². The molecule has 0 aliphatic carbocycles. The Labute approximate surface area is 77.1 Å². The van der Waals surface area contributed by atoms with E-state index in [1.54, 1.807) is 0 Å². The maximum atomic E-state index is 10.3. The molecule has 0 aromatic carbocycles. The largest absolute Gasteiger partial charge is 0.394 e. The molecule has 6 heteroatoms. The van der Waals surface area contributed by atoms with Gasteiger partial charge in [0.2, 0.25) is 0 Å². The van der Waals surface area contributed by atoms with Crippen molar-refractivity contribution in [1.82, 2.24) is 0 Å². The lowest BCUT2D eigenvalue weighted by Gasteiger charge is -2.22. The molecule has 0 aliphatic heterocycles. The second kappa shape index (κ2) is 5.18. The van der Waals surface area contributed by atoms with E-state index in [1.165, 1.54) is 0 Å². The van der Waals surface area contributed by atoms with Crippen LogP contribution in [0.4, 0.5) is 0 Å². The number of aliphatic hydroxyl groups is 5. The van der Waals surface area contributed by atoms with E-state index in [0.717, 1.165) is 0 Å². The summed E-state index contributed by atoms with van der Waals surface area (Å²) in [6.45, 7) is -4.00. The van der Waals surface area contributed by atoms with Gasteiger partial charge in [-0.05, 0) is 0 Å². The lowest BCUT2D eigenvalue weighted by Crippen LogP contribution is -2.46. The van der Waals surface area contributed by atoms with Gasteiger partial charge >= 0.3 is 0 Å². The van der Waals surface area contributed by atoms with E-state index in [4.69, 9.17) is 18.4 Å². The number of carbonyl (C=O) groups is 1. The highest BCUT2D eigenvalue weighted by molar-refractivity contribution is 5.56. The van der Waals surface area contributed by atoms with E-state index in [0.29, 0.717) is 0 Å². The number of hydrogen-bond donors (Lipinski definition) is 5. The average Bonchev–Trinajstić information content (AvgIpc) is 2.15. The van der Waals surface area contributed by atoms with Crippen LogP contribution >= 0.6 is 0 Å². The van der Waals surface area contributed by atoms with Crippen molar-refractivity contribution < 1.29 is 38.6 Å². The molecular formula is C6H12O6. The summed E-state index contributed by atoms with van der Waals surface area (Å²) in [5, 5.41) is 45.6. The molecule has 0 aliphatic rings. The van der Waals surface area contributed by atoms with Crippen LogP contribution in [-0.2, 0) is 4.79 Å². The van der Waals surface area contributed by atoms with Crippen molar-refractivity contribution in [1.29, 1.82) is 0 Å². The Morgan fingerprint density at radius 3 is 2.17 bits per heavy atom. The average molecular weight is 186 g/mol. The number of aldehydes is 1. The summed E-state index contributed by atoms with van der Waals surface area (Å²) in [7, 11) is 0. The van der Waals surface area contributed by atoms with Crippen LogP contribution in [0.15, 0.2) is 0 Å². The van der Waals surface area contributed by atoms with Crippen molar-refractivity contribution in [2.75, 3.05) is 6.56 Å². The first-order valence-corrected chi connectivity index (χ1v) is 2.64. The first kappa shape index (κ1) is 4.64. The predicted molar refractivity (Wildman–Crippen MR) is 37.2 cm³/mol. The van der Waals surface area contributed by atoms with Gasteiger partial charge in [0, 0.05) is 0 Å². The molecule has 0 bridgehead atoms. The van der Waals surface area contributed by atoms with Gasteiger partial charge in [-0.2, -0.15) is 0 Å². The number of hydrogen-bond acceptors (Lipinski definition) is 6. The van der Waals surface area contributed by atoms with Crippen molar-refractivity contribution in [2.45, 2.75) is 24.3 Å². The fourth-order valence-corrected chi connectivity index (χ4v) is 0.342. The molecule has 4 atom stereocenters. The molecular weight excluding hydrogens is 168 g/mol. The van der Waals surface area contributed by atoms with Crippen molar-refractivity contribution in [2.24, 2.45) is 0 Å². The van der Waals surface area contributed by atoms with Gasteiger partial charge in [-0.1, -0.05) is 0 Å². The zero-order valence-corrected chi connectivity index (χ0v) is 5.72. The highest BCUT2D eigenvalue weighted by Crippen LogP contribution is 2.02. The summed E-state index contributed by atoms with van der Waals surface area (Å²) >= 11 is 0. The Morgan fingerprint density at radius 1 is 1.33 bits per heavy atom. The van der Waals surface area contributed by atoms with Gasteiger partial charge in [0.05, 0.1) is 14.8 Å². The molecule has 0 heterocycles. The van der Waals surface area contributed by atoms with Gasteiger partial charge in [0.1, 0.15) is 24.3 Å². The lowest BCUT2D eigenvalue weighted by atomic mass is 10.0. The smallest absolute Gasteiger partial charge is 0.151 e. The summed E-state index contributed by atoms with van der Waals surface area (Å²) in [5.74, 6) is 0. The van der Waals surface area contributed by atoms with Crippen LogP contribution in [0.5, 0.6) is 0 Å². The first-order valence-electron chi connectivity index (χ1n) is 5.64. The summed E-state index contributed by atoms with van der Waals surface area (Å²) < 4.78 is 40.9. The number of carbonyl (C=O) groups excluding carboxylic acids is 1. The topological polar surface area (TPSA) is 118 Å². The molecule has 0 spiro atoms. The third-order valence-corrected chi connectivity index (χ3v) is 0.909. The zero-order valence-electron chi connectivity index (χ0n) is 11.7. The van der Waals surface area contributed by atoms with Crippen LogP contribution < -0.4 is 0 Å². The monoisotopic (exact) mass is 186 g/mol. The number of rotatable bonds is 5. The second-order valence-electron chi connectivity index (χ2n) is 1.66. The van der Waals surface area contributed by atoms with Gasteiger partial charge in [-0.3, -0.25) is 0 Å². The fraction of sp³-hybridized carbons (Fsp3) is 0.833. The third kappa shape index (κ3) is 2.84. The highest BCUT2D eigenvalue weighted by Gasteiger charge is 2.29. The molecule has 0 aromatic heterocycles. The quantitative estimate of drug-likeness (QED) is 0.286. The molecule has 6 nitrogen and oxygen atoms in total. The normalized spacial score (nSPS) is 40.1. The van der Waals surface area contributed by atoms with Crippen LogP contribution in [0.25, 0.3) is 0 Å². The summed E-state index contributed by atoms with van der Waals surface area (Å²) in [6, 6.07) is 0. The summed E-state index contributed by atoms with van der Waals surface area (Å²) in [5.41, 5.74) is 0. The molecule has 0 fully saturated rings. The minimum Gasteiger partial charge on any atom is -0.394 e. The molecule has 72 valence electrons. The fourth-order valence-electron chi connectivity index (χ4n) is 0.342.